The number of carbonyl (C=O) groups excluding carboxylic acids is 3. The van der Waals surface area contributed by atoms with Crippen LogP contribution in [0.25, 0.3) is 21.7 Å². The van der Waals surface area contributed by atoms with Crippen molar-refractivity contribution in [1.29, 1.82) is 0 Å². The molecule has 16 heteroatoms. The summed E-state index contributed by atoms with van der Waals surface area (Å²) in [6.07, 6.45) is -4.34. The van der Waals surface area contributed by atoms with E-state index < -0.39 is 72.5 Å². The van der Waals surface area contributed by atoms with Crippen molar-refractivity contribution >= 4 is 17.9 Å². The molecule has 2 aromatic rings. The first kappa shape index (κ1) is 26.4. The van der Waals surface area contributed by atoms with Gasteiger partial charge in [0.05, 0.1) is 6.20 Å². The summed E-state index contributed by atoms with van der Waals surface area (Å²) in [5, 5.41) is 11.2. The average Bonchev–Trinajstić information content (AvgIpc) is 3.27. The molecule has 2 heterocycles. The molecule has 0 bridgehead atoms. The predicted octanol–water partition coefficient (Wildman–Crippen LogP) is 2.37. The van der Waals surface area contributed by atoms with Gasteiger partial charge in [0.1, 0.15) is 24.4 Å². The van der Waals surface area contributed by atoms with Crippen LogP contribution in [0.5, 0.6) is 0 Å². The minimum atomic E-state index is -1.68. The molecule has 1 saturated heterocycles. The Bertz CT molecular complexity index is 1200. The van der Waals surface area contributed by atoms with E-state index >= 15 is 0 Å². The SMILES string of the molecule is CC(=O)OC[C@H]1O[C@@H](N=[N+]=[N-])[C@H](OC(C)=O)[C@@H](n2cc(-c3cc(F)c(F)c(F)c3)nn2)[C@H]1OC(C)=O. The van der Waals surface area contributed by atoms with Crippen LogP contribution in [0.2, 0.25) is 0 Å². The Kier molecular flexibility index (Phi) is 8.11. The fraction of sp³-hybridized carbons (Fsp3) is 0.450. The zero-order valence-corrected chi connectivity index (χ0v) is 19.0. The molecule has 0 spiro atoms. The number of nitrogens with zero attached hydrogens (tertiary/aromatic N) is 6. The molecule has 0 aliphatic carbocycles. The number of benzene rings is 1. The van der Waals surface area contributed by atoms with E-state index in [-0.39, 0.29) is 11.3 Å². The molecule has 1 aliphatic rings. The summed E-state index contributed by atoms with van der Waals surface area (Å²) in [7, 11) is 0. The number of ether oxygens (including phenoxy) is 4. The molecule has 1 aromatic carbocycles. The molecule has 192 valence electrons. The normalized spacial score (nSPS) is 23.3. The highest BCUT2D eigenvalue weighted by atomic mass is 19.2. The van der Waals surface area contributed by atoms with Crippen LogP contribution >= 0.6 is 0 Å². The Hall–Kier alpha value is -4.17. The van der Waals surface area contributed by atoms with Crippen LogP contribution < -0.4 is 0 Å². The first-order valence-corrected chi connectivity index (χ1v) is 10.3. The van der Waals surface area contributed by atoms with Crippen molar-refractivity contribution in [3.63, 3.8) is 0 Å². The molecular weight excluding hydrogens is 493 g/mol. The lowest BCUT2D eigenvalue weighted by Crippen LogP contribution is -2.58. The van der Waals surface area contributed by atoms with E-state index in [4.69, 9.17) is 24.5 Å². The maximum absolute atomic E-state index is 13.7. The Morgan fingerprint density at radius 2 is 1.69 bits per heavy atom. The molecule has 13 nitrogen and oxygen atoms in total. The van der Waals surface area contributed by atoms with Crippen LogP contribution in [-0.4, -0.2) is 64.0 Å². The van der Waals surface area contributed by atoms with Crippen LogP contribution in [-0.2, 0) is 33.3 Å². The van der Waals surface area contributed by atoms with Crippen LogP contribution in [0.15, 0.2) is 23.4 Å². The summed E-state index contributed by atoms with van der Waals surface area (Å²) in [5.74, 6) is -6.92. The summed E-state index contributed by atoms with van der Waals surface area (Å²) >= 11 is 0. The summed E-state index contributed by atoms with van der Waals surface area (Å²) in [4.78, 5) is 37.8. The molecule has 0 radical (unpaired) electrons. The Morgan fingerprint density at radius 1 is 1.08 bits per heavy atom. The number of rotatable bonds is 7. The Morgan fingerprint density at radius 3 is 2.25 bits per heavy atom. The van der Waals surface area contributed by atoms with Gasteiger partial charge in [-0.05, 0) is 17.7 Å². The minimum absolute atomic E-state index is 0.126. The van der Waals surface area contributed by atoms with Crippen LogP contribution in [0.4, 0.5) is 13.2 Å². The van der Waals surface area contributed by atoms with Crippen molar-refractivity contribution < 1.29 is 46.5 Å². The fourth-order valence-corrected chi connectivity index (χ4v) is 3.60. The molecule has 3 rings (SSSR count). The third-order valence-corrected chi connectivity index (χ3v) is 4.95. The Balaban J connectivity index is 2.12. The van der Waals surface area contributed by atoms with Crippen LogP contribution in [0.3, 0.4) is 0 Å². The minimum Gasteiger partial charge on any atom is -0.463 e. The van der Waals surface area contributed by atoms with Gasteiger partial charge in [-0.1, -0.05) is 10.3 Å². The third kappa shape index (κ3) is 5.90. The number of hydrogen-bond acceptors (Lipinski definition) is 10. The van der Waals surface area contributed by atoms with E-state index in [2.05, 4.69) is 20.3 Å². The summed E-state index contributed by atoms with van der Waals surface area (Å²) < 4.78 is 63.2. The van der Waals surface area contributed by atoms with Gasteiger partial charge in [0.2, 0.25) is 0 Å². The van der Waals surface area contributed by atoms with Crippen molar-refractivity contribution in [3.05, 3.63) is 46.2 Å². The summed E-state index contributed by atoms with van der Waals surface area (Å²) in [5.41, 5.74) is 8.70. The number of hydrogen-bond donors (Lipinski definition) is 0. The molecule has 0 unspecified atom stereocenters. The van der Waals surface area contributed by atoms with Gasteiger partial charge in [-0.2, -0.15) is 0 Å². The highest BCUT2D eigenvalue weighted by Crippen LogP contribution is 2.36. The number of aromatic nitrogens is 3. The number of halogens is 3. The Labute approximate surface area is 200 Å². The van der Waals surface area contributed by atoms with E-state index in [9.17, 15) is 27.6 Å². The molecule has 1 aromatic heterocycles. The molecule has 0 amide bonds. The van der Waals surface area contributed by atoms with Gasteiger partial charge < -0.3 is 18.9 Å². The van der Waals surface area contributed by atoms with E-state index in [0.29, 0.717) is 12.1 Å². The van der Waals surface area contributed by atoms with Gasteiger partial charge in [0.15, 0.2) is 35.9 Å². The van der Waals surface area contributed by atoms with E-state index in [1.165, 1.54) is 0 Å². The lowest BCUT2D eigenvalue weighted by Gasteiger charge is -2.43. The smallest absolute Gasteiger partial charge is 0.303 e. The van der Waals surface area contributed by atoms with E-state index in [1.807, 2.05) is 0 Å². The fourth-order valence-electron chi connectivity index (χ4n) is 3.60. The summed E-state index contributed by atoms with van der Waals surface area (Å²) in [6, 6.07) is 0.103. The molecule has 1 fully saturated rings. The second-order valence-corrected chi connectivity index (χ2v) is 7.55. The second kappa shape index (κ2) is 11.0. The van der Waals surface area contributed by atoms with Crippen molar-refractivity contribution in [2.24, 2.45) is 5.11 Å². The third-order valence-electron chi connectivity index (χ3n) is 4.95. The zero-order chi connectivity index (χ0) is 26.6. The van der Waals surface area contributed by atoms with Crippen molar-refractivity contribution in [2.45, 2.75) is 51.4 Å². The first-order valence-electron chi connectivity index (χ1n) is 10.3. The van der Waals surface area contributed by atoms with Gasteiger partial charge in [-0.15, -0.1) is 5.10 Å². The monoisotopic (exact) mass is 512 g/mol. The van der Waals surface area contributed by atoms with Crippen molar-refractivity contribution in [2.75, 3.05) is 6.61 Å². The lowest BCUT2D eigenvalue weighted by atomic mass is 9.95. The molecule has 5 atom stereocenters. The van der Waals surface area contributed by atoms with Gasteiger partial charge in [0, 0.05) is 31.2 Å². The highest BCUT2D eigenvalue weighted by Gasteiger charge is 2.51. The van der Waals surface area contributed by atoms with E-state index in [1.54, 1.807) is 0 Å². The molecule has 0 saturated carbocycles. The second-order valence-electron chi connectivity index (χ2n) is 7.55. The number of esters is 3. The van der Waals surface area contributed by atoms with Crippen molar-refractivity contribution in [1.82, 2.24) is 15.0 Å². The molecular formula is C20H19F3N6O7. The largest absolute Gasteiger partial charge is 0.463 e. The van der Waals surface area contributed by atoms with E-state index in [0.717, 1.165) is 31.6 Å². The molecule has 0 N–H and O–H groups in total. The summed E-state index contributed by atoms with van der Waals surface area (Å²) in [6.45, 7) is 2.81. The topological polar surface area (TPSA) is 168 Å². The van der Waals surface area contributed by atoms with Gasteiger partial charge >= 0.3 is 17.9 Å². The standard InChI is InChI=1S/C20H19F3N6O7/c1-8(30)33-7-15-18(34-9(2)31)17(19(35-10(3)32)20(36-15)26-27-24)29-6-14(25-28-29)11-4-12(21)16(23)13(22)5-11/h4-6,15,17-20H,7H2,1-3H3/t15-,17+,18+,19-,20-/m1/s1. The quantitative estimate of drug-likeness (QED) is 0.135. The van der Waals surface area contributed by atoms with Crippen LogP contribution in [0.1, 0.15) is 26.8 Å². The maximum atomic E-state index is 13.7. The average molecular weight is 512 g/mol. The number of carbonyl (C=O) groups is 3. The van der Waals surface area contributed by atoms with Gasteiger partial charge in [-0.25, -0.2) is 17.9 Å². The molecule has 36 heavy (non-hydrogen) atoms. The maximum Gasteiger partial charge on any atom is 0.303 e. The zero-order valence-electron chi connectivity index (χ0n) is 19.0. The van der Waals surface area contributed by atoms with Gasteiger partial charge in [0.25, 0.3) is 0 Å². The van der Waals surface area contributed by atoms with Crippen LogP contribution in [0, 0.1) is 17.5 Å². The predicted molar refractivity (Wildman–Crippen MR) is 110 cm³/mol. The van der Waals surface area contributed by atoms with Crippen molar-refractivity contribution in [3.8, 4) is 11.3 Å². The molecule has 1 aliphatic heterocycles. The first-order chi connectivity index (χ1) is 17.0. The highest BCUT2D eigenvalue weighted by molar-refractivity contribution is 5.67. The number of azide groups is 1. The lowest BCUT2D eigenvalue weighted by molar-refractivity contribution is -0.227. The van der Waals surface area contributed by atoms with Gasteiger partial charge in [-0.3, -0.25) is 14.4 Å².